The Labute approximate surface area is 190 Å². The van der Waals surface area contributed by atoms with Crippen LogP contribution in [0.25, 0.3) is 0 Å². The smallest absolute Gasteiger partial charge is 0.329 e. The first-order valence-corrected chi connectivity index (χ1v) is 11.5. The molecule has 34 heavy (non-hydrogen) atoms. The molecule has 2 aromatic carbocycles. The highest BCUT2D eigenvalue weighted by Gasteiger charge is 2.36. The van der Waals surface area contributed by atoms with Crippen LogP contribution in [0.3, 0.4) is 0 Å². The van der Waals surface area contributed by atoms with Gasteiger partial charge in [0.2, 0.25) is 0 Å². The lowest BCUT2D eigenvalue weighted by Crippen LogP contribution is -2.26. The van der Waals surface area contributed by atoms with E-state index in [2.05, 4.69) is 5.32 Å². The summed E-state index contributed by atoms with van der Waals surface area (Å²) in [6.45, 7) is 0. The number of sulfone groups is 1. The van der Waals surface area contributed by atoms with Crippen LogP contribution in [0.2, 0.25) is 0 Å². The number of amides is 1. The number of hydrogen-bond donors (Lipinski definition) is 1. The fourth-order valence-corrected chi connectivity index (χ4v) is 5.39. The molecule has 184 valence electrons. The van der Waals surface area contributed by atoms with Gasteiger partial charge in [-0.15, -0.1) is 0 Å². The fourth-order valence-electron chi connectivity index (χ4n) is 3.59. The summed E-state index contributed by atoms with van der Waals surface area (Å²) >= 11 is 0. The predicted molar refractivity (Wildman–Crippen MR) is 108 cm³/mol. The van der Waals surface area contributed by atoms with E-state index < -0.39 is 60.8 Å². The van der Waals surface area contributed by atoms with Crippen molar-refractivity contribution in [3.05, 3.63) is 76.7 Å². The Morgan fingerprint density at radius 3 is 2.18 bits per heavy atom. The molecule has 1 saturated carbocycles. The summed E-state index contributed by atoms with van der Waals surface area (Å²) in [4.78, 5) is 11.7. The van der Waals surface area contributed by atoms with Gasteiger partial charge in [-0.1, -0.05) is 11.6 Å². The van der Waals surface area contributed by atoms with Crippen LogP contribution >= 0.6 is 0 Å². The lowest BCUT2D eigenvalue weighted by Gasteiger charge is -2.24. The number of carbonyl (C=O) groups excluding carboxylic acids is 1. The molecule has 0 unspecified atom stereocenters. The molecule has 0 radical (unpaired) electrons. The molecule has 0 bridgehead atoms. The zero-order valence-corrected chi connectivity index (χ0v) is 18.1. The number of rotatable bonds is 4. The molecule has 3 rings (SSSR count). The molecular formula is C22H18F7NO3S. The van der Waals surface area contributed by atoms with Crippen LogP contribution < -0.4 is 5.32 Å². The van der Waals surface area contributed by atoms with Crippen LogP contribution in [-0.4, -0.2) is 19.6 Å². The minimum atomic E-state index is -4.97. The number of carbonyl (C=O) groups is 1. The van der Waals surface area contributed by atoms with E-state index in [0.29, 0.717) is 23.8 Å². The molecule has 1 aliphatic rings. The highest BCUT2D eigenvalue weighted by atomic mass is 32.2. The van der Waals surface area contributed by atoms with Crippen molar-refractivity contribution in [3.63, 3.8) is 0 Å². The summed E-state index contributed by atoms with van der Waals surface area (Å²) in [5.74, 6) is -2.42. The maximum atomic E-state index is 13.4. The number of allylic oxidation sites excluding steroid dienone is 1. The number of nitrogens with one attached hydrogen (secondary N) is 1. The number of benzene rings is 2. The number of alkyl halides is 6. The summed E-state index contributed by atoms with van der Waals surface area (Å²) in [5.41, 5.74) is -2.44. The first-order chi connectivity index (χ1) is 15.7. The van der Waals surface area contributed by atoms with Gasteiger partial charge in [-0.05, 0) is 62.1 Å². The Morgan fingerprint density at radius 1 is 0.941 bits per heavy atom. The molecule has 1 N–H and O–H groups in total. The number of hydrogen-bond acceptors (Lipinski definition) is 3. The van der Waals surface area contributed by atoms with E-state index in [-0.39, 0.29) is 25.7 Å². The van der Waals surface area contributed by atoms with Crippen LogP contribution in [-0.2, 0) is 22.2 Å². The monoisotopic (exact) mass is 509 g/mol. The molecule has 1 fully saturated rings. The Balaban J connectivity index is 1.66. The van der Waals surface area contributed by atoms with Crippen LogP contribution in [0.5, 0.6) is 0 Å². The third kappa shape index (κ3) is 5.78. The van der Waals surface area contributed by atoms with Crippen molar-refractivity contribution in [1.82, 2.24) is 5.32 Å². The van der Waals surface area contributed by atoms with Crippen molar-refractivity contribution >= 4 is 15.7 Å². The summed E-state index contributed by atoms with van der Waals surface area (Å²) in [6.07, 6.45) is -7.79. The van der Waals surface area contributed by atoms with Gasteiger partial charge in [0.15, 0.2) is 9.84 Å². The lowest BCUT2D eigenvalue weighted by molar-refractivity contribution is -0.140. The van der Waals surface area contributed by atoms with Gasteiger partial charge >= 0.3 is 12.4 Å². The standard InChI is InChI=1S/C22H18F7NO3S/c23-19-9-6-14(10-18(19)22(27,28)29)20(31)30-12-13-4-7-16(8-5-13)34(32,33)17-3-1-2-15(11-17)21(24,25)26/h1-3,6,9-12,16H,4-5,7-8H2,(H,30,31). The molecule has 0 heterocycles. The third-order valence-electron chi connectivity index (χ3n) is 5.44. The molecular weight excluding hydrogens is 491 g/mol. The zero-order chi connectivity index (χ0) is 25.3. The SMILES string of the molecule is O=C(NC=C1CCC(S(=O)(=O)c2cccc(C(F)(F)F)c2)CC1)c1ccc(F)c(C(F)(F)F)c1. The van der Waals surface area contributed by atoms with Crippen molar-refractivity contribution < 1.29 is 43.9 Å². The van der Waals surface area contributed by atoms with Gasteiger partial charge < -0.3 is 5.32 Å². The van der Waals surface area contributed by atoms with E-state index in [1.807, 2.05) is 0 Å². The second kappa shape index (κ2) is 9.40. The minimum Gasteiger partial charge on any atom is -0.329 e. The summed E-state index contributed by atoms with van der Waals surface area (Å²) in [6, 6.07) is 5.33. The molecule has 1 aliphatic carbocycles. The van der Waals surface area contributed by atoms with Crippen molar-refractivity contribution in [3.8, 4) is 0 Å². The van der Waals surface area contributed by atoms with Gasteiger partial charge in [-0.3, -0.25) is 4.79 Å². The second-order valence-corrected chi connectivity index (χ2v) is 9.97. The van der Waals surface area contributed by atoms with Gasteiger partial charge in [0.1, 0.15) is 5.82 Å². The van der Waals surface area contributed by atoms with Gasteiger partial charge in [0.25, 0.3) is 5.91 Å². The molecule has 0 atom stereocenters. The number of halogens is 7. The van der Waals surface area contributed by atoms with Crippen LogP contribution in [0.1, 0.15) is 47.2 Å². The van der Waals surface area contributed by atoms with E-state index in [4.69, 9.17) is 0 Å². The van der Waals surface area contributed by atoms with E-state index in [1.165, 1.54) is 6.20 Å². The molecule has 1 amide bonds. The van der Waals surface area contributed by atoms with Crippen molar-refractivity contribution in [2.45, 2.75) is 48.2 Å². The average molecular weight is 509 g/mol. The summed E-state index contributed by atoms with van der Waals surface area (Å²) in [7, 11) is -4.02. The molecule has 0 aromatic heterocycles. The second-order valence-electron chi connectivity index (χ2n) is 7.74. The van der Waals surface area contributed by atoms with Gasteiger partial charge in [0.05, 0.1) is 21.3 Å². The molecule has 0 spiro atoms. The molecule has 2 aromatic rings. The van der Waals surface area contributed by atoms with Crippen LogP contribution in [0.4, 0.5) is 30.7 Å². The van der Waals surface area contributed by atoms with E-state index >= 15 is 0 Å². The molecule has 0 saturated heterocycles. The van der Waals surface area contributed by atoms with Gasteiger partial charge in [-0.25, -0.2) is 12.8 Å². The molecule has 0 aliphatic heterocycles. The maximum absolute atomic E-state index is 13.4. The maximum Gasteiger partial charge on any atom is 0.419 e. The lowest BCUT2D eigenvalue weighted by atomic mass is 9.95. The first-order valence-electron chi connectivity index (χ1n) is 9.96. The first kappa shape index (κ1) is 25.7. The Hall–Kier alpha value is -2.89. The zero-order valence-electron chi connectivity index (χ0n) is 17.3. The Kier molecular flexibility index (Phi) is 7.11. The largest absolute Gasteiger partial charge is 0.419 e. The predicted octanol–water partition coefficient (Wildman–Crippen LogP) is 5.89. The highest BCUT2D eigenvalue weighted by Crippen LogP contribution is 2.35. The normalized spacial score (nSPS) is 17.4. The van der Waals surface area contributed by atoms with E-state index in [9.17, 15) is 43.9 Å². The summed E-state index contributed by atoms with van der Waals surface area (Å²) in [5, 5.41) is 1.39. The van der Waals surface area contributed by atoms with Crippen molar-refractivity contribution in [2.75, 3.05) is 0 Å². The Morgan fingerprint density at radius 2 is 1.59 bits per heavy atom. The highest BCUT2D eigenvalue weighted by molar-refractivity contribution is 7.92. The van der Waals surface area contributed by atoms with Crippen LogP contribution in [0, 0.1) is 5.82 Å². The minimum absolute atomic E-state index is 0.0923. The summed E-state index contributed by atoms with van der Waals surface area (Å²) < 4.78 is 116. The average Bonchev–Trinajstić information content (AvgIpc) is 2.77. The van der Waals surface area contributed by atoms with Gasteiger partial charge in [0, 0.05) is 11.8 Å². The van der Waals surface area contributed by atoms with Crippen molar-refractivity contribution in [2.24, 2.45) is 0 Å². The van der Waals surface area contributed by atoms with E-state index in [0.717, 1.165) is 24.3 Å². The van der Waals surface area contributed by atoms with Crippen molar-refractivity contribution in [1.29, 1.82) is 0 Å². The third-order valence-corrected chi connectivity index (χ3v) is 7.70. The van der Waals surface area contributed by atoms with Gasteiger partial charge in [-0.2, -0.15) is 26.3 Å². The Bertz CT molecular complexity index is 1210. The topological polar surface area (TPSA) is 63.2 Å². The van der Waals surface area contributed by atoms with Crippen LogP contribution in [0.15, 0.2) is 59.1 Å². The quantitative estimate of drug-likeness (QED) is 0.523. The molecule has 4 nitrogen and oxygen atoms in total. The molecule has 12 heteroatoms. The fraction of sp³-hybridized carbons (Fsp3) is 0.318. The van der Waals surface area contributed by atoms with E-state index in [1.54, 1.807) is 0 Å².